The highest BCUT2D eigenvalue weighted by Gasteiger charge is 2.34. The van der Waals surface area contributed by atoms with Crippen LogP contribution in [-0.2, 0) is 11.2 Å². The molecule has 0 radical (unpaired) electrons. The standard InChI is InChI=1S/C14H17BrFNO/c15-12-5-4-11(16)8-10(12)9-13(18)14(17)6-2-1-3-7-14/h4-5,8H,1-3,6-7,9,17H2. The largest absolute Gasteiger partial charge is 0.319 e. The van der Waals surface area contributed by atoms with Crippen molar-refractivity contribution in [3.63, 3.8) is 0 Å². The van der Waals surface area contributed by atoms with Crippen LogP contribution in [-0.4, -0.2) is 11.3 Å². The van der Waals surface area contributed by atoms with Crippen LogP contribution in [0.3, 0.4) is 0 Å². The van der Waals surface area contributed by atoms with Gasteiger partial charge in [-0.05, 0) is 36.6 Å². The van der Waals surface area contributed by atoms with Gasteiger partial charge in [-0.1, -0.05) is 35.2 Å². The van der Waals surface area contributed by atoms with Crippen LogP contribution >= 0.6 is 15.9 Å². The Morgan fingerprint density at radius 3 is 2.67 bits per heavy atom. The second-order valence-electron chi connectivity index (χ2n) is 5.05. The first kappa shape index (κ1) is 13.7. The summed E-state index contributed by atoms with van der Waals surface area (Å²) in [6.07, 6.45) is 4.86. The van der Waals surface area contributed by atoms with Crippen LogP contribution in [0.4, 0.5) is 4.39 Å². The Bertz CT molecular complexity index is 455. The van der Waals surface area contributed by atoms with Crippen molar-refractivity contribution in [2.75, 3.05) is 0 Å². The molecule has 0 aromatic heterocycles. The molecule has 0 atom stereocenters. The number of rotatable bonds is 3. The lowest BCUT2D eigenvalue weighted by molar-refractivity contribution is -0.124. The molecule has 1 aliphatic rings. The van der Waals surface area contributed by atoms with E-state index in [0.717, 1.165) is 36.6 Å². The molecule has 98 valence electrons. The molecule has 1 aromatic rings. The molecule has 2 rings (SSSR count). The molecule has 2 nitrogen and oxygen atoms in total. The van der Waals surface area contributed by atoms with Gasteiger partial charge >= 0.3 is 0 Å². The van der Waals surface area contributed by atoms with Gasteiger partial charge in [0.15, 0.2) is 5.78 Å². The van der Waals surface area contributed by atoms with Gasteiger partial charge in [-0.2, -0.15) is 0 Å². The van der Waals surface area contributed by atoms with Crippen LogP contribution in [0.2, 0.25) is 0 Å². The lowest BCUT2D eigenvalue weighted by Crippen LogP contribution is -2.50. The summed E-state index contributed by atoms with van der Waals surface area (Å²) in [6, 6.07) is 4.40. The molecule has 1 aliphatic carbocycles. The molecule has 1 aromatic carbocycles. The normalized spacial score (nSPS) is 18.6. The third-order valence-corrected chi connectivity index (χ3v) is 4.43. The molecule has 0 aliphatic heterocycles. The Morgan fingerprint density at radius 1 is 1.33 bits per heavy atom. The number of carbonyl (C=O) groups excluding carboxylic acids is 1. The number of hydrogen-bond acceptors (Lipinski definition) is 2. The molecule has 0 unspecified atom stereocenters. The third kappa shape index (κ3) is 2.98. The fraction of sp³-hybridized carbons (Fsp3) is 0.500. The van der Waals surface area contributed by atoms with Crippen molar-refractivity contribution in [3.8, 4) is 0 Å². The molecule has 0 amide bonds. The van der Waals surface area contributed by atoms with Crippen LogP contribution in [0, 0.1) is 5.82 Å². The zero-order valence-corrected chi connectivity index (χ0v) is 11.8. The van der Waals surface area contributed by atoms with E-state index in [-0.39, 0.29) is 18.0 Å². The van der Waals surface area contributed by atoms with E-state index < -0.39 is 5.54 Å². The summed E-state index contributed by atoms with van der Waals surface area (Å²) in [5.74, 6) is -0.302. The number of ketones is 1. The molecular formula is C14H17BrFNO. The number of hydrogen-bond donors (Lipinski definition) is 1. The molecule has 0 saturated heterocycles. The number of benzene rings is 1. The fourth-order valence-electron chi connectivity index (χ4n) is 2.49. The van der Waals surface area contributed by atoms with Gasteiger partial charge in [-0.25, -0.2) is 4.39 Å². The van der Waals surface area contributed by atoms with Crippen molar-refractivity contribution in [1.82, 2.24) is 0 Å². The first-order valence-electron chi connectivity index (χ1n) is 6.27. The minimum Gasteiger partial charge on any atom is -0.319 e. The minimum atomic E-state index is -0.704. The van der Waals surface area contributed by atoms with E-state index in [1.54, 1.807) is 6.07 Å². The van der Waals surface area contributed by atoms with Gasteiger partial charge in [0.25, 0.3) is 0 Å². The molecular weight excluding hydrogens is 297 g/mol. The number of Topliss-reactive ketones (excluding diaryl/α,β-unsaturated/α-hetero) is 1. The van der Waals surface area contributed by atoms with Crippen molar-refractivity contribution in [2.24, 2.45) is 5.73 Å². The third-order valence-electron chi connectivity index (χ3n) is 3.66. The topological polar surface area (TPSA) is 43.1 Å². The average Bonchev–Trinajstić information content (AvgIpc) is 2.35. The van der Waals surface area contributed by atoms with Crippen molar-refractivity contribution in [2.45, 2.75) is 44.1 Å². The first-order chi connectivity index (χ1) is 8.51. The second-order valence-corrected chi connectivity index (χ2v) is 5.91. The van der Waals surface area contributed by atoms with E-state index in [9.17, 15) is 9.18 Å². The second kappa shape index (κ2) is 5.49. The predicted octanol–water partition coefficient (Wildman–Crippen LogP) is 3.36. The zero-order valence-electron chi connectivity index (χ0n) is 10.2. The lowest BCUT2D eigenvalue weighted by atomic mass is 9.78. The highest BCUT2D eigenvalue weighted by molar-refractivity contribution is 9.10. The molecule has 4 heteroatoms. The van der Waals surface area contributed by atoms with E-state index in [2.05, 4.69) is 15.9 Å². The monoisotopic (exact) mass is 313 g/mol. The zero-order chi connectivity index (χ0) is 13.2. The quantitative estimate of drug-likeness (QED) is 0.929. The van der Waals surface area contributed by atoms with Crippen LogP contribution in [0.15, 0.2) is 22.7 Å². The maximum absolute atomic E-state index is 13.2. The maximum Gasteiger partial charge on any atom is 0.157 e. The molecule has 2 N–H and O–H groups in total. The maximum atomic E-state index is 13.2. The SMILES string of the molecule is NC1(C(=O)Cc2cc(F)ccc2Br)CCCCC1. The van der Waals surface area contributed by atoms with Crippen molar-refractivity contribution in [3.05, 3.63) is 34.1 Å². The van der Waals surface area contributed by atoms with Gasteiger partial charge in [0.1, 0.15) is 5.82 Å². The Hall–Kier alpha value is -0.740. The van der Waals surface area contributed by atoms with Crippen molar-refractivity contribution < 1.29 is 9.18 Å². The summed E-state index contributed by atoms with van der Waals surface area (Å²) in [5, 5.41) is 0. The van der Waals surface area contributed by atoms with Gasteiger partial charge in [0, 0.05) is 10.9 Å². The Kier molecular flexibility index (Phi) is 4.17. The summed E-state index contributed by atoms with van der Waals surface area (Å²) in [4.78, 5) is 12.3. The lowest BCUT2D eigenvalue weighted by Gasteiger charge is -2.32. The van der Waals surface area contributed by atoms with Gasteiger partial charge in [-0.3, -0.25) is 4.79 Å². The van der Waals surface area contributed by atoms with E-state index in [1.807, 2.05) is 0 Å². The van der Waals surface area contributed by atoms with Crippen LogP contribution in [0.5, 0.6) is 0 Å². The number of nitrogens with two attached hydrogens (primary N) is 1. The summed E-state index contributed by atoms with van der Waals surface area (Å²) in [7, 11) is 0. The molecule has 18 heavy (non-hydrogen) atoms. The summed E-state index contributed by atoms with van der Waals surface area (Å²) in [5.41, 5.74) is 6.15. The Balaban J connectivity index is 2.13. The molecule has 1 fully saturated rings. The minimum absolute atomic E-state index is 0.0218. The summed E-state index contributed by atoms with van der Waals surface area (Å²) < 4.78 is 13.9. The Labute approximate surface area is 115 Å². The predicted molar refractivity (Wildman–Crippen MR) is 72.8 cm³/mol. The van der Waals surface area contributed by atoms with E-state index >= 15 is 0 Å². The summed E-state index contributed by atoms with van der Waals surface area (Å²) >= 11 is 3.34. The van der Waals surface area contributed by atoms with Crippen molar-refractivity contribution >= 4 is 21.7 Å². The smallest absolute Gasteiger partial charge is 0.157 e. The van der Waals surface area contributed by atoms with Gasteiger partial charge in [-0.15, -0.1) is 0 Å². The molecule has 1 saturated carbocycles. The molecule has 0 heterocycles. The highest BCUT2D eigenvalue weighted by atomic mass is 79.9. The van der Waals surface area contributed by atoms with E-state index in [0.29, 0.717) is 5.56 Å². The van der Waals surface area contributed by atoms with Gasteiger partial charge in [0.2, 0.25) is 0 Å². The van der Waals surface area contributed by atoms with Crippen LogP contribution in [0.1, 0.15) is 37.7 Å². The summed E-state index contributed by atoms with van der Waals surface area (Å²) in [6.45, 7) is 0. The van der Waals surface area contributed by atoms with Crippen molar-refractivity contribution in [1.29, 1.82) is 0 Å². The van der Waals surface area contributed by atoms with E-state index in [1.165, 1.54) is 12.1 Å². The van der Waals surface area contributed by atoms with Crippen LogP contribution < -0.4 is 5.73 Å². The highest BCUT2D eigenvalue weighted by Crippen LogP contribution is 2.29. The average molecular weight is 314 g/mol. The van der Waals surface area contributed by atoms with Gasteiger partial charge in [0.05, 0.1) is 5.54 Å². The molecule has 0 bridgehead atoms. The van der Waals surface area contributed by atoms with E-state index in [4.69, 9.17) is 5.73 Å². The fourth-order valence-corrected chi connectivity index (χ4v) is 2.88. The molecule has 0 spiro atoms. The number of carbonyl (C=O) groups is 1. The Morgan fingerprint density at radius 2 is 2.00 bits per heavy atom. The number of halogens is 2. The van der Waals surface area contributed by atoms with Gasteiger partial charge < -0.3 is 5.73 Å². The van der Waals surface area contributed by atoms with Crippen LogP contribution in [0.25, 0.3) is 0 Å². The first-order valence-corrected chi connectivity index (χ1v) is 7.07.